The molecule has 0 fully saturated rings. The van der Waals surface area contributed by atoms with Crippen LogP contribution >= 0.6 is 11.3 Å². The van der Waals surface area contributed by atoms with Crippen LogP contribution in [-0.2, 0) is 0 Å². The maximum atomic E-state index is 5.46. The Kier molecular flexibility index (Phi) is 6.50. The van der Waals surface area contributed by atoms with Crippen molar-refractivity contribution in [3.05, 3.63) is 194 Å². The summed E-state index contributed by atoms with van der Waals surface area (Å²) in [6.45, 7) is 0. The highest BCUT2D eigenvalue weighted by Gasteiger charge is 2.30. The minimum atomic E-state index is 0.632. The molecule has 0 saturated carbocycles. The molecule has 0 unspecified atom stereocenters. The van der Waals surface area contributed by atoms with E-state index in [-0.39, 0.29) is 0 Å². The van der Waals surface area contributed by atoms with E-state index >= 15 is 0 Å². The molecular weight excluding hydrogens is 849 g/mol. The molecule has 17 rings (SSSR count). The molecule has 0 amide bonds. The van der Waals surface area contributed by atoms with E-state index in [2.05, 4.69) is 189 Å². The fraction of sp³-hybridized carbons (Fsp3) is 0. The third-order valence-electron chi connectivity index (χ3n) is 14.9. The summed E-state index contributed by atoms with van der Waals surface area (Å²) in [5.74, 6) is 1.90. The van der Waals surface area contributed by atoms with Gasteiger partial charge in [-0.05, 0) is 66.0 Å². The topological polar surface area (TPSA) is 52.9 Å². The summed E-state index contributed by atoms with van der Waals surface area (Å²) in [4.78, 5) is 16.1. The summed E-state index contributed by atoms with van der Waals surface area (Å²) < 4.78 is 10.1. The minimum absolute atomic E-state index is 0.632. The van der Waals surface area contributed by atoms with Crippen molar-refractivity contribution in [2.45, 2.75) is 0 Å². The van der Waals surface area contributed by atoms with E-state index in [1.165, 1.54) is 80.1 Å². The first-order chi connectivity index (χ1) is 33.8. The Morgan fingerprint density at radius 2 is 0.882 bits per heavy atom. The second kappa shape index (κ2) is 12.5. The van der Waals surface area contributed by atoms with Crippen molar-refractivity contribution in [1.29, 1.82) is 0 Å². The van der Waals surface area contributed by atoms with Crippen LogP contribution < -0.4 is 0 Å². The molecule has 0 atom stereocenters. The second-order valence-electron chi connectivity index (χ2n) is 18.2. The zero-order valence-corrected chi connectivity index (χ0v) is 36.9. The molecule has 7 heteroatoms. The van der Waals surface area contributed by atoms with E-state index in [1.54, 1.807) is 0 Å². The number of aromatic nitrogens is 6. The Hall–Kier alpha value is -8.91. The third kappa shape index (κ3) is 4.27. The van der Waals surface area contributed by atoms with Crippen LogP contribution in [0.1, 0.15) is 0 Å². The lowest BCUT2D eigenvalue weighted by Crippen LogP contribution is -2.02. The van der Waals surface area contributed by atoms with Gasteiger partial charge in [0.05, 0.1) is 44.3 Å². The Balaban J connectivity index is 0.941. The van der Waals surface area contributed by atoms with Crippen LogP contribution in [0.4, 0.5) is 0 Å². The monoisotopic (exact) mass is 880 g/mol. The molecule has 0 spiro atoms. The van der Waals surface area contributed by atoms with Crippen molar-refractivity contribution in [1.82, 2.24) is 28.5 Å². The first-order valence-corrected chi connectivity index (χ1v) is 23.9. The van der Waals surface area contributed by atoms with Crippen molar-refractivity contribution in [2.75, 3.05) is 0 Å². The summed E-state index contributed by atoms with van der Waals surface area (Å²) in [7, 11) is 0. The third-order valence-corrected chi connectivity index (χ3v) is 16.1. The maximum Gasteiger partial charge on any atom is 0.164 e. The zero-order valence-electron chi connectivity index (χ0n) is 36.1. The van der Waals surface area contributed by atoms with Gasteiger partial charge in [0, 0.05) is 91.0 Å². The number of thiophene rings is 1. The molecule has 0 N–H and O–H groups in total. The van der Waals surface area contributed by atoms with Gasteiger partial charge in [-0.25, -0.2) is 15.0 Å². The fourth-order valence-corrected chi connectivity index (χ4v) is 13.4. The Morgan fingerprint density at radius 1 is 0.309 bits per heavy atom. The smallest absolute Gasteiger partial charge is 0.164 e. The average Bonchev–Trinajstić information content (AvgIpc) is 4.19. The van der Waals surface area contributed by atoms with Gasteiger partial charge in [-0.1, -0.05) is 133 Å². The Morgan fingerprint density at radius 3 is 1.72 bits per heavy atom. The van der Waals surface area contributed by atoms with Crippen molar-refractivity contribution >= 4 is 124 Å². The van der Waals surface area contributed by atoms with E-state index in [4.69, 9.17) is 15.0 Å². The number of hydrogen-bond acceptors (Lipinski definition) is 4. The van der Waals surface area contributed by atoms with Gasteiger partial charge >= 0.3 is 0 Å². The highest BCUT2D eigenvalue weighted by Crippen LogP contribution is 2.53. The molecule has 10 aromatic carbocycles. The lowest BCUT2D eigenvalue weighted by molar-refractivity contribution is 1.08. The number of fused-ring (bicyclic) bond motifs is 6. The summed E-state index contributed by atoms with van der Waals surface area (Å²) in [6.07, 6.45) is 0. The fourth-order valence-electron chi connectivity index (χ4n) is 12.3. The van der Waals surface area contributed by atoms with E-state index in [9.17, 15) is 0 Å². The molecule has 0 aliphatic rings. The van der Waals surface area contributed by atoms with Gasteiger partial charge in [-0.2, -0.15) is 0 Å². The predicted molar refractivity (Wildman–Crippen MR) is 283 cm³/mol. The molecule has 7 heterocycles. The van der Waals surface area contributed by atoms with Gasteiger partial charge in [0.25, 0.3) is 0 Å². The van der Waals surface area contributed by atoms with E-state index < -0.39 is 0 Å². The quantitative estimate of drug-likeness (QED) is 0.173. The Labute approximate surface area is 390 Å². The van der Waals surface area contributed by atoms with Crippen molar-refractivity contribution in [2.24, 2.45) is 0 Å². The number of para-hydroxylation sites is 3. The Bertz CT molecular complexity index is 4900. The molecule has 6 nitrogen and oxygen atoms in total. The SMILES string of the molecule is c1ccc(-c2nc(-c3ccc(-n4c5ccc6sc7ccc8c9cccc%10c%11ccc4c4c5c6c7c8n(c9%10)c%114)c4ccccc34)nc(-c3cccc4c3c3ccccc3n4-c3ccccc3)n2)cc1. The maximum absolute atomic E-state index is 5.46. The minimum Gasteiger partial charge on any atom is -0.309 e. The summed E-state index contributed by atoms with van der Waals surface area (Å²) in [5, 5.41) is 15.1. The first-order valence-electron chi connectivity index (χ1n) is 23.1. The van der Waals surface area contributed by atoms with E-state index in [1.807, 2.05) is 29.5 Å². The normalized spacial score (nSPS) is 12.7. The van der Waals surface area contributed by atoms with Crippen LogP contribution in [0.3, 0.4) is 0 Å². The number of hydrogen-bond donors (Lipinski definition) is 0. The molecule has 0 aliphatic carbocycles. The van der Waals surface area contributed by atoms with Crippen LogP contribution in [0.25, 0.3) is 158 Å². The number of rotatable bonds is 5. The molecule has 312 valence electrons. The summed E-state index contributed by atoms with van der Waals surface area (Å²) in [5.41, 5.74) is 13.7. The molecule has 68 heavy (non-hydrogen) atoms. The second-order valence-corrected chi connectivity index (χ2v) is 19.3. The average molecular weight is 881 g/mol. The van der Waals surface area contributed by atoms with Gasteiger partial charge in [0.15, 0.2) is 17.5 Å². The highest BCUT2D eigenvalue weighted by molar-refractivity contribution is 7.26. The van der Waals surface area contributed by atoms with Gasteiger partial charge in [-0.3, -0.25) is 0 Å². The molecule has 0 saturated heterocycles. The molecular formula is C61H32N6S. The van der Waals surface area contributed by atoms with Gasteiger partial charge in [-0.15, -0.1) is 11.3 Å². The summed E-state index contributed by atoms with van der Waals surface area (Å²) in [6, 6.07) is 70.3. The standard InChI is InChI=1S/C61H32N6S/c1-3-13-33(14-4-1)59-62-60(64-61(63-59)43-22-12-24-46-51(43)42-19-9-10-23-44(42)65(46)34-15-5-2-6-16-34)41-26-28-45(36-18-8-7-17-35(36)41)66-47-30-32-49-54-52(47)53-48(66)29-25-39-37-20-11-21-38-40-27-31-50(68-49)55(54)58(40)67(56(37)38)57(39)53/h1-32H. The molecule has 17 aromatic rings. The van der Waals surface area contributed by atoms with Crippen molar-refractivity contribution in [3.8, 4) is 45.5 Å². The summed E-state index contributed by atoms with van der Waals surface area (Å²) >= 11 is 1.91. The van der Waals surface area contributed by atoms with Gasteiger partial charge in [0.1, 0.15) is 0 Å². The number of benzene rings is 10. The highest BCUT2D eigenvalue weighted by atomic mass is 32.1. The van der Waals surface area contributed by atoms with Crippen molar-refractivity contribution < 1.29 is 0 Å². The van der Waals surface area contributed by atoms with Crippen LogP contribution in [0.5, 0.6) is 0 Å². The van der Waals surface area contributed by atoms with E-state index in [0.29, 0.717) is 17.5 Å². The largest absolute Gasteiger partial charge is 0.309 e. The van der Waals surface area contributed by atoms with Crippen molar-refractivity contribution in [3.63, 3.8) is 0 Å². The van der Waals surface area contributed by atoms with Gasteiger partial charge < -0.3 is 13.5 Å². The van der Waals surface area contributed by atoms with Crippen LogP contribution in [-0.4, -0.2) is 28.5 Å². The number of nitrogens with zero attached hydrogens (tertiary/aromatic N) is 6. The van der Waals surface area contributed by atoms with Gasteiger partial charge in [0.2, 0.25) is 0 Å². The van der Waals surface area contributed by atoms with E-state index in [0.717, 1.165) is 60.6 Å². The van der Waals surface area contributed by atoms with Crippen LogP contribution in [0.15, 0.2) is 194 Å². The lowest BCUT2D eigenvalue weighted by Gasteiger charge is -2.15. The zero-order chi connectivity index (χ0) is 43.9. The van der Waals surface area contributed by atoms with Crippen LogP contribution in [0, 0.1) is 0 Å². The molecule has 0 bridgehead atoms. The first kappa shape index (κ1) is 35.4. The molecule has 7 aromatic heterocycles. The predicted octanol–water partition coefficient (Wildman–Crippen LogP) is 16.1. The molecule has 0 aliphatic heterocycles. The lowest BCUT2D eigenvalue weighted by atomic mass is 10.0. The molecule has 0 radical (unpaired) electrons. The van der Waals surface area contributed by atoms with Crippen LogP contribution in [0.2, 0.25) is 0 Å².